The Bertz CT molecular complexity index is 1220. The first kappa shape index (κ1) is 22.6. The number of alkyl halides is 1. The predicted octanol–water partition coefficient (Wildman–Crippen LogP) is 7.54. The Balaban J connectivity index is 1.60. The molecule has 0 spiro atoms. The van der Waals surface area contributed by atoms with Crippen LogP contribution in [-0.4, -0.2) is 0 Å². The zero-order chi connectivity index (χ0) is 23.2. The highest BCUT2D eigenvalue weighted by Gasteiger charge is 2.49. The molecule has 0 saturated heterocycles. The van der Waals surface area contributed by atoms with Gasteiger partial charge < -0.3 is 4.52 Å². The minimum Gasteiger partial charge on any atom is -0.334 e. The second-order valence-electron chi connectivity index (χ2n) is 8.06. The van der Waals surface area contributed by atoms with Crippen molar-refractivity contribution in [2.45, 2.75) is 5.33 Å². The number of hydrogen-bond acceptors (Lipinski definition) is 1. The maximum atomic E-state index is 7.09. The summed E-state index contributed by atoms with van der Waals surface area (Å²) in [5, 5.41) is 4.45. The highest BCUT2D eigenvalue weighted by Crippen LogP contribution is 2.56. The summed E-state index contributed by atoms with van der Waals surface area (Å²) in [6, 6.07) is 49.0. The van der Waals surface area contributed by atoms with E-state index in [-0.39, 0.29) is 0 Å². The van der Waals surface area contributed by atoms with Crippen molar-refractivity contribution in [1.29, 1.82) is 0 Å². The predicted molar refractivity (Wildman–Crippen MR) is 150 cm³/mol. The summed E-state index contributed by atoms with van der Waals surface area (Å²) in [5.74, 6) is 0.866. The molecule has 0 aliphatic rings. The van der Waals surface area contributed by atoms with Crippen molar-refractivity contribution in [2.24, 2.45) is 0 Å². The fraction of sp³-hybridized carbons (Fsp3) is 0.0323. The van der Waals surface area contributed by atoms with Gasteiger partial charge in [0.1, 0.15) is 15.9 Å². The van der Waals surface area contributed by atoms with Crippen LogP contribution in [0, 0.1) is 0 Å². The van der Waals surface area contributed by atoms with Crippen molar-refractivity contribution in [2.75, 3.05) is 0 Å². The molecule has 0 unspecified atom stereocenters. The van der Waals surface area contributed by atoms with E-state index in [0.717, 1.165) is 11.1 Å². The average Bonchev–Trinajstić information content (AvgIpc) is 2.94. The van der Waals surface area contributed by atoms with Crippen molar-refractivity contribution in [1.82, 2.24) is 0 Å². The van der Waals surface area contributed by atoms with Gasteiger partial charge in [0.05, 0.1) is 0 Å². The van der Waals surface area contributed by atoms with Crippen LogP contribution in [0.1, 0.15) is 5.56 Å². The Hall–Kier alpha value is -3.19. The Kier molecular flexibility index (Phi) is 6.90. The molecule has 5 aromatic carbocycles. The van der Waals surface area contributed by atoms with Gasteiger partial charge in [-0.25, -0.2) is 0 Å². The van der Waals surface area contributed by atoms with Crippen LogP contribution in [0.3, 0.4) is 0 Å². The van der Waals surface area contributed by atoms with Gasteiger partial charge in [-0.1, -0.05) is 107 Å². The summed E-state index contributed by atoms with van der Waals surface area (Å²) in [5.41, 5.74) is 3.65. The molecule has 1 nitrogen and oxygen atoms in total. The van der Waals surface area contributed by atoms with E-state index in [4.69, 9.17) is 4.52 Å². The summed E-state index contributed by atoms with van der Waals surface area (Å²) in [6.07, 6.45) is 0. The highest BCUT2D eigenvalue weighted by molar-refractivity contribution is 9.08. The molecule has 5 rings (SSSR count). The lowest BCUT2D eigenvalue weighted by Crippen LogP contribution is -2.34. The topological polar surface area (TPSA) is 9.23 Å². The summed E-state index contributed by atoms with van der Waals surface area (Å²) >= 11 is 3.52. The first-order valence-corrected chi connectivity index (χ1v) is 14.1. The minimum absolute atomic E-state index is 0.865. The summed E-state index contributed by atoms with van der Waals surface area (Å²) in [6.45, 7) is 0. The molecule has 0 atom stereocenters. The molecule has 0 radical (unpaired) electrons. The van der Waals surface area contributed by atoms with Crippen LogP contribution in [0.2, 0.25) is 0 Å². The molecular weight excluding hydrogens is 499 g/mol. The molecule has 34 heavy (non-hydrogen) atoms. The third-order valence-electron chi connectivity index (χ3n) is 5.90. The molecule has 0 amide bonds. The number of benzene rings is 5. The van der Waals surface area contributed by atoms with Crippen LogP contribution in [0.4, 0.5) is 0 Å². The molecule has 0 aromatic heterocycles. The summed E-state index contributed by atoms with van der Waals surface area (Å²) in [7, 11) is -2.38. The quantitative estimate of drug-likeness (QED) is 0.158. The molecule has 166 valence electrons. The second kappa shape index (κ2) is 10.4. The van der Waals surface area contributed by atoms with Gasteiger partial charge in [-0.3, -0.25) is 0 Å². The molecule has 0 bridgehead atoms. The van der Waals surface area contributed by atoms with Crippen LogP contribution in [0.5, 0.6) is 5.75 Å². The van der Waals surface area contributed by atoms with Gasteiger partial charge >= 0.3 is 0 Å². The van der Waals surface area contributed by atoms with Crippen molar-refractivity contribution in [3.63, 3.8) is 0 Å². The Morgan fingerprint density at radius 1 is 0.471 bits per heavy atom. The smallest absolute Gasteiger partial charge is 0.287 e. The lowest BCUT2D eigenvalue weighted by Gasteiger charge is -2.26. The van der Waals surface area contributed by atoms with E-state index in [1.54, 1.807) is 0 Å². The monoisotopic (exact) mass is 523 g/mol. The van der Waals surface area contributed by atoms with E-state index in [2.05, 4.69) is 155 Å². The summed E-state index contributed by atoms with van der Waals surface area (Å²) < 4.78 is 7.09. The van der Waals surface area contributed by atoms with Crippen molar-refractivity contribution >= 4 is 39.3 Å². The van der Waals surface area contributed by atoms with Gasteiger partial charge in [0, 0.05) is 5.33 Å². The van der Waals surface area contributed by atoms with Crippen molar-refractivity contribution in [3.05, 3.63) is 145 Å². The molecule has 3 heteroatoms. The van der Waals surface area contributed by atoms with Gasteiger partial charge in [0.25, 0.3) is 7.49 Å². The van der Waals surface area contributed by atoms with E-state index in [0.29, 0.717) is 0 Å². The molecule has 0 N–H and O–H groups in total. The highest BCUT2D eigenvalue weighted by atomic mass is 79.9. The summed E-state index contributed by atoms with van der Waals surface area (Å²) in [4.78, 5) is 0. The maximum absolute atomic E-state index is 7.09. The fourth-order valence-corrected chi connectivity index (χ4v) is 7.97. The number of halogens is 1. The molecule has 0 fully saturated rings. The van der Waals surface area contributed by atoms with E-state index >= 15 is 0 Å². The zero-order valence-corrected chi connectivity index (χ0v) is 21.2. The second-order valence-corrected chi connectivity index (χ2v) is 11.6. The molecule has 0 aliphatic carbocycles. The normalized spacial score (nSPS) is 11.2. The van der Waals surface area contributed by atoms with Crippen LogP contribution in [-0.2, 0) is 5.33 Å². The fourth-order valence-electron chi connectivity index (χ4n) is 4.17. The number of rotatable bonds is 7. The van der Waals surface area contributed by atoms with E-state index in [1.807, 2.05) is 0 Å². The van der Waals surface area contributed by atoms with Gasteiger partial charge in [-0.15, -0.1) is 0 Å². The van der Waals surface area contributed by atoms with Gasteiger partial charge in [-0.05, 0) is 65.2 Å². The molecule has 0 heterocycles. The standard InChI is InChI=1S/C31H25BrOP/c32-24-25-16-18-26(19-17-25)27-20-22-28(23-21-27)33-34(29-10-4-1-5-11-29,30-12-6-2-7-13-30)31-14-8-3-9-15-31/h1-23H,24H2/q+1. The van der Waals surface area contributed by atoms with Gasteiger partial charge in [0.2, 0.25) is 0 Å². The molecular formula is C31H25BrOP+. The minimum atomic E-state index is -2.38. The average molecular weight is 524 g/mol. The van der Waals surface area contributed by atoms with Crippen LogP contribution < -0.4 is 20.4 Å². The SMILES string of the molecule is BrCc1ccc(-c2ccc(O[P+](c3ccccc3)(c3ccccc3)c3ccccc3)cc2)cc1. The lowest BCUT2D eigenvalue weighted by molar-refractivity contribution is 0.620. The van der Waals surface area contributed by atoms with E-state index in [1.165, 1.54) is 32.6 Å². The molecule has 0 saturated carbocycles. The van der Waals surface area contributed by atoms with E-state index in [9.17, 15) is 0 Å². The zero-order valence-electron chi connectivity index (χ0n) is 18.7. The van der Waals surface area contributed by atoms with E-state index < -0.39 is 7.49 Å². The molecule has 5 aromatic rings. The first-order valence-electron chi connectivity index (χ1n) is 11.3. The lowest BCUT2D eigenvalue weighted by atomic mass is 10.0. The Morgan fingerprint density at radius 3 is 1.24 bits per heavy atom. The maximum Gasteiger partial charge on any atom is 0.287 e. The van der Waals surface area contributed by atoms with Crippen LogP contribution >= 0.6 is 23.4 Å². The van der Waals surface area contributed by atoms with Gasteiger partial charge in [-0.2, -0.15) is 0 Å². The third-order valence-corrected chi connectivity index (χ3v) is 10.1. The Labute approximate surface area is 210 Å². The van der Waals surface area contributed by atoms with Gasteiger partial charge in [0.15, 0.2) is 5.75 Å². The van der Waals surface area contributed by atoms with Crippen molar-refractivity contribution < 1.29 is 4.52 Å². The number of hydrogen-bond donors (Lipinski definition) is 0. The molecule has 0 aliphatic heterocycles. The van der Waals surface area contributed by atoms with Crippen LogP contribution in [0.15, 0.2) is 140 Å². The largest absolute Gasteiger partial charge is 0.334 e. The van der Waals surface area contributed by atoms with Crippen molar-refractivity contribution in [3.8, 4) is 16.9 Å². The first-order chi connectivity index (χ1) is 16.8. The third kappa shape index (κ3) is 4.57. The van der Waals surface area contributed by atoms with Crippen LogP contribution in [0.25, 0.3) is 11.1 Å². The Morgan fingerprint density at radius 2 is 0.853 bits per heavy atom.